The van der Waals surface area contributed by atoms with E-state index in [1.807, 2.05) is 0 Å². The second kappa shape index (κ2) is 4.09. The van der Waals surface area contributed by atoms with Gasteiger partial charge in [0.2, 0.25) is 6.54 Å². The molecule has 0 saturated heterocycles. The zero-order valence-electron chi connectivity index (χ0n) is 7.99. The molecule has 0 N–H and O–H groups in total. The topological polar surface area (TPSA) is 43.1 Å². The van der Waals surface area contributed by atoms with Gasteiger partial charge < -0.3 is 0 Å². The van der Waals surface area contributed by atoms with E-state index in [1.54, 1.807) is 11.3 Å². The summed E-state index contributed by atoms with van der Waals surface area (Å²) in [5.74, 6) is 0. The minimum atomic E-state index is -0.237. The molecule has 1 aliphatic rings. The van der Waals surface area contributed by atoms with Gasteiger partial charge in [-0.1, -0.05) is 0 Å². The highest BCUT2D eigenvalue weighted by Crippen LogP contribution is 2.29. The van der Waals surface area contributed by atoms with Gasteiger partial charge in [0.1, 0.15) is 0 Å². The maximum Gasteiger partial charge on any atom is 0.208 e. The molecule has 4 heteroatoms. The molecule has 3 nitrogen and oxygen atoms in total. The van der Waals surface area contributed by atoms with Crippen molar-refractivity contribution in [1.82, 2.24) is 0 Å². The standard InChI is InChI=1S/C10H13NO2S/c12-11(13)6-5-9-7-8-3-1-2-4-10(8)14-9/h7H,1-6H2. The lowest BCUT2D eigenvalue weighted by atomic mass is 9.99. The number of rotatable bonds is 3. The molecule has 2 rings (SSSR count). The van der Waals surface area contributed by atoms with Crippen LogP contribution in [-0.4, -0.2) is 11.5 Å². The first-order chi connectivity index (χ1) is 6.75. The van der Waals surface area contributed by atoms with E-state index in [4.69, 9.17) is 0 Å². The van der Waals surface area contributed by atoms with Crippen LogP contribution in [0.4, 0.5) is 0 Å². The summed E-state index contributed by atoms with van der Waals surface area (Å²) in [7, 11) is 0. The Hall–Kier alpha value is -0.900. The van der Waals surface area contributed by atoms with Crippen molar-refractivity contribution in [2.45, 2.75) is 32.1 Å². The van der Waals surface area contributed by atoms with Crippen LogP contribution in [0.25, 0.3) is 0 Å². The van der Waals surface area contributed by atoms with Gasteiger partial charge in [0.25, 0.3) is 0 Å². The van der Waals surface area contributed by atoms with Gasteiger partial charge in [-0.05, 0) is 37.3 Å². The van der Waals surface area contributed by atoms with Gasteiger partial charge in [-0.15, -0.1) is 11.3 Å². The summed E-state index contributed by atoms with van der Waals surface area (Å²) in [5, 5.41) is 10.2. The number of fused-ring (bicyclic) bond motifs is 1. The number of hydrogen-bond acceptors (Lipinski definition) is 3. The molecule has 0 atom stereocenters. The maximum atomic E-state index is 10.2. The molecule has 0 bridgehead atoms. The molecule has 0 unspecified atom stereocenters. The quantitative estimate of drug-likeness (QED) is 0.569. The van der Waals surface area contributed by atoms with Crippen molar-refractivity contribution in [3.05, 3.63) is 31.5 Å². The number of hydrogen-bond donors (Lipinski definition) is 0. The number of thiophene rings is 1. The van der Waals surface area contributed by atoms with E-state index in [2.05, 4.69) is 6.07 Å². The first-order valence-corrected chi connectivity index (χ1v) is 5.79. The highest BCUT2D eigenvalue weighted by atomic mass is 32.1. The number of nitro groups is 1. The average Bonchev–Trinajstić information content (AvgIpc) is 2.57. The average molecular weight is 211 g/mol. The van der Waals surface area contributed by atoms with E-state index < -0.39 is 0 Å². The van der Waals surface area contributed by atoms with Crippen molar-refractivity contribution in [1.29, 1.82) is 0 Å². The van der Waals surface area contributed by atoms with Crippen LogP contribution in [-0.2, 0) is 19.3 Å². The normalized spacial score (nSPS) is 15.1. The lowest BCUT2D eigenvalue weighted by molar-refractivity contribution is -0.479. The molecule has 1 aromatic heterocycles. The first-order valence-electron chi connectivity index (χ1n) is 4.98. The molecule has 14 heavy (non-hydrogen) atoms. The third kappa shape index (κ3) is 2.12. The minimum Gasteiger partial charge on any atom is -0.265 e. The molecule has 0 saturated carbocycles. The van der Waals surface area contributed by atoms with E-state index in [1.165, 1.54) is 41.0 Å². The lowest BCUT2D eigenvalue weighted by Gasteiger charge is -2.08. The highest BCUT2D eigenvalue weighted by molar-refractivity contribution is 7.12. The van der Waals surface area contributed by atoms with E-state index in [9.17, 15) is 10.1 Å². The van der Waals surface area contributed by atoms with Crippen LogP contribution in [0.15, 0.2) is 6.07 Å². The van der Waals surface area contributed by atoms with Crippen LogP contribution >= 0.6 is 11.3 Å². The maximum absolute atomic E-state index is 10.2. The number of aryl methyl sites for hydroxylation is 2. The zero-order valence-corrected chi connectivity index (χ0v) is 8.81. The molecule has 0 amide bonds. The third-order valence-electron chi connectivity index (χ3n) is 2.59. The lowest BCUT2D eigenvalue weighted by Crippen LogP contribution is -2.02. The molecule has 1 aromatic rings. The largest absolute Gasteiger partial charge is 0.265 e. The van der Waals surface area contributed by atoms with E-state index in [0.717, 1.165) is 0 Å². The molecule has 1 aliphatic carbocycles. The summed E-state index contributed by atoms with van der Waals surface area (Å²) in [6, 6.07) is 2.17. The van der Waals surface area contributed by atoms with Crippen LogP contribution < -0.4 is 0 Å². The predicted molar refractivity (Wildman–Crippen MR) is 56.5 cm³/mol. The minimum absolute atomic E-state index is 0.0688. The second-order valence-corrected chi connectivity index (χ2v) is 4.90. The molecule has 0 fully saturated rings. The van der Waals surface area contributed by atoms with Gasteiger partial charge in [-0.3, -0.25) is 10.1 Å². The molecule has 0 spiro atoms. The second-order valence-electron chi connectivity index (χ2n) is 3.67. The molecular formula is C10H13NO2S. The van der Waals surface area contributed by atoms with Crippen molar-refractivity contribution in [2.75, 3.05) is 6.54 Å². The Morgan fingerprint density at radius 3 is 2.93 bits per heavy atom. The van der Waals surface area contributed by atoms with Crippen LogP contribution in [0.5, 0.6) is 0 Å². The van der Waals surface area contributed by atoms with E-state index in [0.29, 0.717) is 6.42 Å². The van der Waals surface area contributed by atoms with Crippen molar-refractivity contribution >= 4 is 11.3 Å². The van der Waals surface area contributed by atoms with E-state index in [-0.39, 0.29) is 11.5 Å². The van der Waals surface area contributed by atoms with Gasteiger partial charge in [-0.2, -0.15) is 0 Å². The van der Waals surface area contributed by atoms with Crippen molar-refractivity contribution in [3.63, 3.8) is 0 Å². The monoisotopic (exact) mass is 211 g/mol. The summed E-state index contributed by atoms with van der Waals surface area (Å²) in [6.07, 6.45) is 5.51. The van der Waals surface area contributed by atoms with Gasteiger partial charge in [0, 0.05) is 21.1 Å². The van der Waals surface area contributed by atoms with E-state index >= 15 is 0 Å². The van der Waals surface area contributed by atoms with Gasteiger partial charge >= 0.3 is 0 Å². The zero-order chi connectivity index (χ0) is 9.97. The third-order valence-corrected chi connectivity index (χ3v) is 3.89. The fourth-order valence-electron chi connectivity index (χ4n) is 1.88. The highest BCUT2D eigenvalue weighted by Gasteiger charge is 2.13. The van der Waals surface area contributed by atoms with Crippen molar-refractivity contribution < 1.29 is 4.92 Å². The molecule has 1 heterocycles. The smallest absolute Gasteiger partial charge is 0.208 e. The van der Waals surface area contributed by atoms with Crippen LogP contribution in [0.3, 0.4) is 0 Å². The Morgan fingerprint density at radius 1 is 1.43 bits per heavy atom. The molecule has 0 aliphatic heterocycles. The van der Waals surface area contributed by atoms with Gasteiger partial charge in [0.15, 0.2) is 0 Å². The van der Waals surface area contributed by atoms with Gasteiger partial charge in [0.05, 0.1) is 0 Å². The van der Waals surface area contributed by atoms with Crippen molar-refractivity contribution in [2.24, 2.45) is 0 Å². The fourth-order valence-corrected chi connectivity index (χ4v) is 3.13. The molecule has 0 radical (unpaired) electrons. The van der Waals surface area contributed by atoms with Crippen LogP contribution in [0.2, 0.25) is 0 Å². The Kier molecular flexibility index (Phi) is 2.82. The summed E-state index contributed by atoms with van der Waals surface area (Å²) >= 11 is 1.77. The molecule has 76 valence electrons. The Morgan fingerprint density at radius 2 is 2.21 bits per heavy atom. The fraction of sp³-hybridized carbons (Fsp3) is 0.600. The van der Waals surface area contributed by atoms with Crippen LogP contribution in [0.1, 0.15) is 28.2 Å². The summed E-state index contributed by atoms with van der Waals surface area (Å²) < 4.78 is 0. The summed E-state index contributed by atoms with van der Waals surface area (Å²) in [5.41, 5.74) is 1.44. The Bertz CT molecular complexity index is 322. The van der Waals surface area contributed by atoms with Crippen molar-refractivity contribution in [3.8, 4) is 0 Å². The van der Waals surface area contributed by atoms with Gasteiger partial charge in [-0.25, -0.2) is 0 Å². The predicted octanol–water partition coefficient (Wildman–Crippen LogP) is 2.45. The summed E-state index contributed by atoms with van der Waals surface area (Å²) in [4.78, 5) is 12.6. The van der Waals surface area contributed by atoms with Crippen LogP contribution in [0, 0.1) is 10.1 Å². The molecule has 0 aromatic carbocycles. The molecular weight excluding hydrogens is 198 g/mol. The Balaban J connectivity index is 2.04. The number of nitrogens with zero attached hydrogens (tertiary/aromatic N) is 1. The summed E-state index contributed by atoms with van der Waals surface area (Å²) in [6.45, 7) is 0.0688. The Labute approximate surface area is 86.9 Å². The SMILES string of the molecule is O=[N+]([O-])CCc1cc2c(s1)CCCC2. The first kappa shape index (κ1) is 9.65.